The van der Waals surface area contributed by atoms with E-state index in [0.29, 0.717) is 16.5 Å². The Morgan fingerprint density at radius 2 is 1.93 bits per heavy atom. The van der Waals surface area contributed by atoms with E-state index in [-0.39, 0.29) is 11.7 Å². The predicted molar refractivity (Wildman–Crippen MR) is 106 cm³/mol. The van der Waals surface area contributed by atoms with Crippen LogP contribution in [0.3, 0.4) is 0 Å². The topological polar surface area (TPSA) is 46.9 Å². The fourth-order valence-corrected chi connectivity index (χ4v) is 3.66. The van der Waals surface area contributed by atoms with Gasteiger partial charge in [0, 0.05) is 22.8 Å². The van der Waals surface area contributed by atoms with Gasteiger partial charge in [-0.25, -0.2) is 4.98 Å². The number of hydrogen-bond donors (Lipinski definition) is 1. The van der Waals surface area contributed by atoms with Crippen LogP contribution in [0.1, 0.15) is 5.56 Å². The molecule has 0 saturated carbocycles. The highest BCUT2D eigenvalue weighted by Crippen LogP contribution is 2.34. The van der Waals surface area contributed by atoms with Crippen LogP contribution in [-0.4, -0.2) is 28.3 Å². The van der Waals surface area contributed by atoms with Crippen molar-refractivity contribution in [3.8, 4) is 16.9 Å². The highest BCUT2D eigenvalue weighted by atomic mass is 79.9. The van der Waals surface area contributed by atoms with Crippen molar-refractivity contribution >= 4 is 33.6 Å². The van der Waals surface area contributed by atoms with Crippen LogP contribution in [0.25, 0.3) is 16.9 Å². The first-order chi connectivity index (χ1) is 13.3. The van der Waals surface area contributed by atoms with E-state index in [4.69, 9.17) is 0 Å². The second-order valence-corrected chi connectivity index (χ2v) is 7.64. The van der Waals surface area contributed by atoms with Crippen molar-refractivity contribution in [2.45, 2.75) is 11.3 Å². The van der Waals surface area contributed by atoms with E-state index < -0.39 is 11.7 Å². The predicted octanol–water partition coefficient (Wildman–Crippen LogP) is 5.16. The maximum atomic E-state index is 13.2. The lowest BCUT2D eigenvalue weighted by Crippen LogP contribution is -2.20. The zero-order chi connectivity index (χ0) is 20.3. The van der Waals surface area contributed by atoms with Gasteiger partial charge in [0.05, 0.1) is 23.2 Å². The van der Waals surface area contributed by atoms with Crippen molar-refractivity contribution in [3.05, 3.63) is 64.8 Å². The molecule has 3 rings (SSSR count). The normalized spacial score (nSPS) is 11.5. The van der Waals surface area contributed by atoms with Crippen molar-refractivity contribution in [1.29, 1.82) is 0 Å². The molecule has 0 aliphatic carbocycles. The summed E-state index contributed by atoms with van der Waals surface area (Å²) in [7, 11) is 1.52. The SMILES string of the molecule is CNC(=O)CSc1ncc(-c2ccc(Br)cc2)n1-c1cccc(C(F)(F)F)c1. The largest absolute Gasteiger partial charge is 0.416 e. The third kappa shape index (κ3) is 4.59. The summed E-state index contributed by atoms with van der Waals surface area (Å²) in [5, 5.41) is 2.95. The van der Waals surface area contributed by atoms with E-state index in [2.05, 4.69) is 26.2 Å². The molecule has 3 aromatic rings. The minimum Gasteiger partial charge on any atom is -0.358 e. The Morgan fingerprint density at radius 1 is 1.21 bits per heavy atom. The second-order valence-electron chi connectivity index (χ2n) is 5.78. The number of aromatic nitrogens is 2. The van der Waals surface area contributed by atoms with Crippen molar-refractivity contribution in [1.82, 2.24) is 14.9 Å². The number of amides is 1. The van der Waals surface area contributed by atoms with E-state index in [0.717, 1.165) is 33.9 Å². The molecular weight excluding hydrogens is 455 g/mol. The molecule has 1 aromatic heterocycles. The lowest BCUT2D eigenvalue weighted by Gasteiger charge is -2.14. The van der Waals surface area contributed by atoms with Gasteiger partial charge >= 0.3 is 6.18 Å². The lowest BCUT2D eigenvalue weighted by atomic mass is 10.1. The van der Waals surface area contributed by atoms with E-state index >= 15 is 0 Å². The van der Waals surface area contributed by atoms with E-state index in [9.17, 15) is 18.0 Å². The van der Waals surface area contributed by atoms with E-state index in [1.54, 1.807) is 16.8 Å². The first kappa shape index (κ1) is 20.5. The lowest BCUT2D eigenvalue weighted by molar-refractivity contribution is -0.137. The highest BCUT2D eigenvalue weighted by molar-refractivity contribution is 9.10. The standard InChI is InChI=1S/C19H15BrF3N3OS/c1-24-17(27)11-28-18-25-10-16(12-5-7-14(20)8-6-12)26(18)15-4-2-3-13(9-15)19(21,22)23/h2-10H,11H2,1H3,(H,24,27). The highest BCUT2D eigenvalue weighted by Gasteiger charge is 2.31. The van der Waals surface area contributed by atoms with Crippen LogP contribution >= 0.6 is 27.7 Å². The molecular formula is C19H15BrF3N3OS. The number of halogens is 4. The zero-order valence-corrected chi connectivity index (χ0v) is 17.0. The van der Waals surface area contributed by atoms with Crippen molar-refractivity contribution in [3.63, 3.8) is 0 Å². The number of hydrogen-bond acceptors (Lipinski definition) is 3. The zero-order valence-electron chi connectivity index (χ0n) is 14.6. The molecule has 0 atom stereocenters. The van der Waals surface area contributed by atoms with Gasteiger partial charge in [-0.1, -0.05) is 45.9 Å². The van der Waals surface area contributed by atoms with Crippen molar-refractivity contribution in [2.24, 2.45) is 0 Å². The number of benzene rings is 2. The van der Waals surface area contributed by atoms with E-state index in [1.165, 1.54) is 13.1 Å². The molecule has 0 aliphatic rings. The third-order valence-electron chi connectivity index (χ3n) is 3.91. The van der Waals surface area contributed by atoms with Crippen LogP contribution in [0.2, 0.25) is 0 Å². The van der Waals surface area contributed by atoms with E-state index in [1.807, 2.05) is 24.3 Å². The molecule has 0 unspecified atom stereocenters. The first-order valence-corrected chi connectivity index (χ1v) is 9.92. The summed E-state index contributed by atoms with van der Waals surface area (Å²) in [6.45, 7) is 0. The van der Waals surface area contributed by atoms with Crippen LogP contribution in [0, 0.1) is 0 Å². The monoisotopic (exact) mass is 469 g/mol. The van der Waals surface area contributed by atoms with Gasteiger partial charge in [-0.05, 0) is 30.3 Å². The summed E-state index contributed by atoms with van der Waals surface area (Å²) in [4.78, 5) is 16.0. The third-order valence-corrected chi connectivity index (χ3v) is 5.39. The number of nitrogens with one attached hydrogen (secondary N) is 1. The molecule has 0 bridgehead atoms. The molecule has 28 heavy (non-hydrogen) atoms. The summed E-state index contributed by atoms with van der Waals surface area (Å²) >= 11 is 4.53. The number of thioether (sulfide) groups is 1. The molecule has 146 valence electrons. The second kappa shape index (κ2) is 8.40. The summed E-state index contributed by atoms with van der Waals surface area (Å²) in [5.41, 5.74) is 0.999. The van der Waals surface area contributed by atoms with Gasteiger partial charge in [-0.2, -0.15) is 13.2 Å². The maximum Gasteiger partial charge on any atom is 0.416 e. The van der Waals surface area contributed by atoms with Gasteiger partial charge in [-0.15, -0.1) is 0 Å². The van der Waals surface area contributed by atoms with Gasteiger partial charge in [0.15, 0.2) is 5.16 Å². The van der Waals surface area contributed by atoms with Gasteiger partial charge in [0.2, 0.25) is 5.91 Å². The fourth-order valence-electron chi connectivity index (χ4n) is 2.53. The van der Waals surface area contributed by atoms with Gasteiger partial charge in [0.1, 0.15) is 0 Å². The Kier molecular flexibility index (Phi) is 6.14. The Morgan fingerprint density at radius 3 is 2.57 bits per heavy atom. The number of imidazole rings is 1. The number of alkyl halides is 3. The van der Waals surface area contributed by atoms with Crippen LogP contribution in [-0.2, 0) is 11.0 Å². The molecule has 0 aliphatic heterocycles. The number of carbonyl (C=O) groups is 1. The molecule has 4 nitrogen and oxygen atoms in total. The average Bonchev–Trinajstić information content (AvgIpc) is 3.10. The Balaban J connectivity index is 2.11. The van der Waals surface area contributed by atoms with Crippen LogP contribution in [0.5, 0.6) is 0 Å². The molecule has 2 aromatic carbocycles. The Hall–Kier alpha value is -2.26. The first-order valence-electron chi connectivity index (χ1n) is 8.14. The molecule has 1 heterocycles. The molecule has 1 amide bonds. The minimum absolute atomic E-state index is 0.103. The summed E-state index contributed by atoms with van der Waals surface area (Å²) < 4.78 is 42.1. The summed E-state index contributed by atoms with van der Waals surface area (Å²) in [6.07, 6.45) is -2.86. The molecule has 0 fully saturated rings. The summed E-state index contributed by atoms with van der Waals surface area (Å²) in [5.74, 6) is -0.0968. The molecule has 1 N–H and O–H groups in total. The van der Waals surface area contributed by atoms with Gasteiger partial charge in [0.25, 0.3) is 0 Å². The average molecular weight is 470 g/mol. The number of nitrogens with zero attached hydrogens (tertiary/aromatic N) is 2. The summed E-state index contributed by atoms with van der Waals surface area (Å²) in [6, 6.07) is 12.4. The Labute approximate surface area is 172 Å². The van der Waals surface area contributed by atoms with Crippen molar-refractivity contribution < 1.29 is 18.0 Å². The molecule has 0 saturated heterocycles. The molecule has 0 spiro atoms. The van der Waals surface area contributed by atoms with Gasteiger partial charge < -0.3 is 5.32 Å². The Bertz CT molecular complexity index is 987. The van der Waals surface area contributed by atoms with Crippen LogP contribution in [0.15, 0.2) is 64.4 Å². The fraction of sp³-hybridized carbons (Fsp3) is 0.158. The molecule has 9 heteroatoms. The van der Waals surface area contributed by atoms with Crippen molar-refractivity contribution in [2.75, 3.05) is 12.8 Å². The smallest absolute Gasteiger partial charge is 0.358 e. The van der Waals surface area contributed by atoms with Crippen LogP contribution in [0.4, 0.5) is 13.2 Å². The van der Waals surface area contributed by atoms with Gasteiger partial charge in [-0.3, -0.25) is 9.36 Å². The number of rotatable bonds is 5. The minimum atomic E-state index is -4.45. The molecule has 0 radical (unpaired) electrons. The maximum absolute atomic E-state index is 13.2. The quantitative estimate of drug-likeness (QED) is 0.525. The van der Waals surface area contributed by atoms with Crippen LogP contribution < -0.4 is 5.32 Å². The number of carbonyl (C=O) groups excluding carboxylic acids is 1.